The van der Waals surface area contributed by atoms with E-state index in [2.05, 4.69) is 15.3 Å². The fraction of sp³-hybridized carbons (Fsp3) is 0.0476. The Morgan fingerprint density at radius 1 is 1.00 bits per heavy atom. The summed E-state index contributed by atoms with van der Waals surface area (Å²) in [5.41, 5.74) is 2.81. The summed E-state index contributed by atoms with van der Waals surface area (Å²) in [4.78, 5) is 20.1. The summed E-state index contributed by atoms with van der Waals surface area (Å²) in [5.74, 6) is 0.179. The van der Waals surface area contributed by atoms with Crippen LogP contribution in [-0.2, 0) is 6.61 Å². The van der Waals surface area contributed by atoms with Gasteiger partial charge in [-0.1, -0.05) is 36.4 Å². The molecule has 0 aliphatic carbocycles. The SMILES string of the molecule is O=C(Nc1nc2ccccc2[nH]1)c1ccccc1OCc1ccc(F)cc1. The number of carbonyl (C=O) groups is 1. The van der Waals surface area contributed by atoms with Crippen LogP contribution in [0.1, 0.15) is 15.9 Å². The Morgan fingerprint density at radius 3 is 2.56 bits per heavy atom. The molecule has 0 saturated heterocycles. The zero-order valence-electron chi connectivity index (χ0n) is 14.3. The Kier molecular flexibility index (Phi) is 4.53. The van der Waals surface area contributed by atoms with Crippen LogP contribution in [0.5, 0.6) is 5.75 Å². The first kappa shape index (κ1) is 16.8. The lowest BCUT2D eigenvalue weighted by atomic mass is 10.2. The smallest absolute Gasteiger partial charge is 0.261 e. The van der Waals surface area contributed by atoms with Gasteiger partial charge < -0.3 is 9.72 Å². The number of nitrogens with one attached hydrogen (secondary N) is 2. The van der Waals surface area contributed by atoms with Crippen LogP contribution in [0.15, 0.2) is 72.8 Å². The largest absolute Gasteiger partial charge is 0.488 e. The van der Waals surface area contributed by atoms with Crippen LogP contribution in [0.25, 0.3) is 11.0 Å². The molecule has 134 valence electrons. The normalized spacial score (nSPS) is 10.7. The molecule has 0 radical (unpaired) electrons. The summed E-state index contributed by atoms with van der Waals surface area (Å²) in [5, 5.41) is 2.76. The van der Waals surface area contributed by atoms with Gasteiger partial charge in [0.15, 0.2) is 0 Å². The number of aromatic nitrogens is 2. The van der Waals surface area contributed by atoms with Crippen LogP contribution in [0, 0.1) is 5.82 Å². The van der Waals surface area contributed by atoms with Crippen LogP contribution in [0.2, 0.25) is 0 Å². The molecule has 1 heterocycles. The molecule has 0 fully saturated rings. The van der Waals surface area contributed by atoms with Crippen LogP contribution < -0.4 is 10.1 Å². The number of amides is 1. The van der Waals surface area contributed by atoms with Crippen LogP contribution in [0.4, 0.5) is 10.3 Å². The third-order valence-corrected chi connectivity index (χ3v) is 4.06. The van der Waals surface area contributed by atoms with Crippen molar-refractivity contribution in [3.63, 3.8) is 0 Å². The number of halogens is 1. The monoisotopic (exact) mass is 361 g/mol. The Bertz CT molecular complexity index is 1060. The van der Waals surface area contributed by atoms with E-state index in [1.54, 1.807) is 36.4 Å². The number of benzene rings is 3. The minimum Gasteiger partial charge on any atom is -0.488 e. The second kappa shape index (κ2) is 7.29. The number of carbonyl (C=O) groups excluding carboxylic acids is 1. The van der Waals surface area contributed by atoms with Crippen molar-refractivity contribution in [3.05, 3.63) is 89.7 Å². The number of ether oxygens (including phenoxy) is 1. The number of nitrogens with zero attached hydrogens (tertiary/aromatic N) is 1. The molecule has 6 heteroatoms. The summed E-state index contributed by atoms with van der Waals surface area (Å²) in [6.45, 7) is 0.231. The van der Waals surface area contributed by atoms with E-state index in [9.17, 15) is 9.18 Å². The highest BCUT2D eigenvalue weighted by Gasteiger charge is 2.14. The lowest BCUT2D eigenvalue weighted by molar-refractivity contribution is 0.102. The molecule has 0 aliphatic rings. The number of rotatable bonds is 5. The number of H-pyrrole nitrogens is 1. The Hall–Kier alpha value is -3.67. The lowest BCUT2D eigenvalue weighted by Crippen LogP contribution is -2.14. The third kappa shape index (κ3) is 3.79. The number of hydrogen-bond acceptors (Lipinski definition) is 3. The molecule has 0 spiro atoms. The van der Waals surface area contributed by atoms with E-state index in [1.165, 1.54) is 12.1 Å². The Morgan fingerprint density at radius 2 is 1.74 bits per heavy atom. The molecule has 4 aromatic rings. The lowest BCUT2D eigenvalue weighted by Gasteiger charge is -2.11. The van der Waals surface area contributed by atoms with Crippen molar-refractivity contribution in [2.75, 3.05) is 5.32 Å². The average molecular weight is 361 g/mol. The summed E-state index contributed by atoms with van der Waals surface area (Å²) in [6.07, 6.45) is 0. The van der Waals surface area contributed by atoms with Gasteiger partial charge in [0.1, 0.15) is 18.2 Å². The maximum atomic E-state index is 13.0. The van der Waals surface area contributed by atoms with E-state index >= 15 is 0 Å². The van der Waals surface area contributed by atoms with Gasteiger partial charge in [0, 0.05) is 0 Å². The van der Waals surface area contributed by atoms with E-state index in [1.807, 2.05) is 24.3 Å². The molecule has 4 rings (SSSR count). The van der Waals surface area contributed by atoms with E-state index in [-0.39, 0.29) is 18.3 Å². The summed E-state index contributed by atoms with van der Waals surface area (Å²) >= 11 is 0. The number of imidazole rings is 1. The van der Waals surface area contributed by atoms with Gasteiger partial charge in [0.25, 0.3) is 5.91 Å². The maximum Gasteiger partial charge on any atom is 0.261 e. The first-order valence-corrected chi connectivity index (χ1v) is 8.41. The van der Waals surface area contributed by atoms with E-state index < -0.39 is 0 Å². The van der Waals surface area contributed by atoms with Gasteiger partial charge in [-0.15, -0.1) is 0 Å². The van der Waals surface area contributed by atoms with Crippen LogP contribution in [0.3, 0.4) is 0 Å². The molecule has 0 unspecified atom stereocenters. The fourth-order valence-corrected chi connectivity index (χ4v) is 2.71. The fourth-order valence-electron chi connectivity index (χ4n) is 2.71. The van der Waals surface area contributed by atoms with Gasteiger partial charge >= 0.3 is 0 Å². The molecule has 5 nitrogen and oxygen atoms in total. The number of hydrogen-bond donors (Lipinski definition) is 2. The van der Waals surface area contributed by atoms with Gasteiger partial charge in [0.05, 0.1) is 16.6 Å². The average Bonchev–Trinajstić information content (AvgIpc) is 3.10. The summed E-state index contributed by atoms with van der Waals surface area (Å²) in [6, 6.07) is 20.5. The van der Waals surface area contributed by atoms with Crippen molar-refractivity contribution < 1.29 is 13.9 Å². The molecule has 0 saturated carbocycles. The molecule has 0 bridgehead atoms. The molecule has 1 amide bonds. The predicted molar refractivity (Wildman–Crippen MR) is 101 cm³/mol. The van der Waals surface area contributed by atoms with Gasteiger partial charge in [0.2, 0.25) is 5.95 Å². The molecular weight excluding hydrogens is 345 g/mol. The molecule has 27 heavy (non-hydrogen) atoms. The van der Waals surface area contributed by atoms with Crippen molar-refractivity contribution in [3.8, 4) is 5.75 Å². The first-order valence-electron chi connectivity index (χ1n) is 8.41. The molecule has 0 atom stereocenters. The third-order valence-electron chi connectivity index (χ3n) is 4.06. The number of aromatic amines is 1. The molecule has 2 N–H and O–H groups in total. The second-order valence-corrected chi connectivity index (χ2v) is 5.97. The Balaban J connectivity index is 1.50. The highest BCUT2D eigenvalue weighted by Crippen LogP contribution is 2.21. The molecular formula is C21H16FN3O2. The quantitative estimate of drug-likeness (QED) is 0.549. The van der Waals surface area contributed by atoms with Crippen molar-refractivity contribution >= 4 is 22.9 Å². The molecule has 3 aromatic carbocycles. The molecule has 1 aromatic heterocycles. The van der Waals surface area contributed by atoms with Crippen molar-refractivity contribution in [2.24, 2.45) is 0 Å². The number of fused-ring (bicyclic) bond motifs is 1. The number of para-hydroxylation sites is 3. The van der Waals surface area contributed by atoms with E-state index in [4.69, 9.17) is 4.74 Å². The van der Waals surface area contributed by atoms with E-state index in [0.717, 1.165) is 16.6 Å². The number of anilines is 1. The van der Waals surface area contributed by atoms with Gasteiger partial charge in [-0.2, -0.15) is 0 Å². The topological polar surface area (TPSA) is 67.0 Å². The predicted octanol–water partition coefficient (Wildman–Crippen LogP) is 4.53. The van der Waals surface area contributed by atoms with Crippen molar-refractivity contribution in [1.29, 1.82) is 0 Å². The van der Waals surface area contributed by atoms with Crippen molar-refractivity contribution in [2.45, 2.75) is 6.61 Å². The minimum atomic E-state index is -0.330. The summed E-state index contributed by atoms with van der Waals surface area (Å²) < 4.78 is 18.8. The Labute approximate surface area is 154 Å². The zero-order chi connectivity index (χ0) is 18.6. The minimum absolute atomic E-state index is 0.231. The zero-order valence-corrected chi connectivity index (χ0v) is 14.3. The van der Waals surface area contributed by atoms with Gasteiger partial charge in [-0.05, 0) is 42.0 Å². The first-order chi connectivity index (χ1) is 13.2. The standard InChI is InChI=1S/C21H16FN3O2/c22-15-11-9-14(10-12-15)13-27-19-8-4-1-5-16(19)20(26)25-21-23-17-6-2-3-7-18(17)24-21/h1-12H,13H2,(H2,23,24,25,26). The summed E-state index contributed by atoms with van der Waals surface area (Å²) in [7, 11) is 0. The second-order valence-electron chi connectivity index (χ2n) is 5.97. The highest BCUT2D eigenvalue weighted by molar-refractivity contribution is 6.05. The van der Waals surface area contributed by atoms with Crippen LogP contribution >= 0.6 is 0 Å². The highest BCUT2D eigenvalue weighted by atomic mass is 19.1. The van der Waals surface area contributed by atoms with E-state index in [0.29, 0.717) is 17.3 Å². The maximum absolute atomic E-state index is 13.0. The van der Waals surface area contributed by atoms with Crippen molar-refractivity contribution in [1.82, 2.24) is 9.97 Å². The molecule has 0 aliphatic heterocycles. The van der Waals surface area contributed by atoms with Crippen LogP contribution in [-0.4, -0.2) is 15.9 Å². The van der Waals surface area contributed by atoms with Gasteiger partial charge in [-0.3, -0.25) is 10.1 Å². The van der Waals surface area contributed by atoms with Gasteiger partial charge in [-0.25, -0.2) is 9.37 Å².